The highest BCUT2D eigenvalue weighted by atomic mass is 16.5. The molecule has 33 heavy (non-hydrogen) atoms. The molecule has 0 spiro atoms. The molecule has 2 aromatic carbocycles. The Balaban J connectivity index is 1.70. The number of amides is 2. The van der Waals surface area contributed by atoms with E-state index in [0.29, 0.717) is 23.5 Å². The van der Waals surface area contributed by atoms with Crippen molar-refractivity contribution < 1.29 is 28.7 Å². The Hall–Kier alpha value is -3.68. The van der Waals surface area contributed by atoms with Crippen molar-refractivity contribution in [2.45, 2.75) is 40.5 Å². The van der Waals surface area contributed by atoms with Crippen LogP contribution in [0.25, 0.3) is 0 Å². The summed E-state index contributed by atoms with van der Waals surface area (Å²) in [6.07, 6.45) is -0.266. The normalized spacial score (nSPS) is 10.5. The standard InChI is InChI=1S/C25H30N2O6/c1-16(2)14-33-25(31)19-6-9-20(10-7-19)26-22(28)11-12-24(30)32-15-23(29)27-21-8-5-17(3)18(4)13-21/h5-10,13,16H,11-12,14-15H2,1-4H3,(H,26,28)(H,27,29). The number of carbonyl (C=O) groups excluding carboxylic acids is 4. The summed E-state index contributed by atoms with van der Waals surface area (Å²) in [7, 11) is 0. The third-order valence-corrected chi connectivity index (χ3v) is 4.66. The molecule has 0 unspecified atom stereocenters. The first-order chi connectivity index (χ1) is 15.6. The van der Waals surface area contributed by atoms with E-state index in [1.54, 1.807) is 30.3 Å². The van der Waals surface area contributed by atoms with Crippen molar-refractivity contribution in [2.75, 3.05) is 23.8 Å². The molecule has 176 valence electrons. The number of ether oxygens (including phenoxy) is 2. The largest absolute Gasteiger partial charge is 0.462 e. The highest BCUT2D eigenvalue weighted by Crippen LogP contribution is 2.14. The number of carbonyl (C=O) groups is 4. The van der Waals surface area contributed by atoms with Crippen LogP contribution in [0.4, 0.5) is 11.4 Å². The van der Waals surface area contributed by atoms with Crippen LogP contribution in [0.2, 0.25) is 0 Å². The molecule has 0 saturated heterocycles. The summed E-state index contributed by atoms with van der Waals surface area (Å²) in [6, 6.07) is 11.8. The molecule has 0 aliphatic carbocycles. The van der Waals surface area contributed by atoms with Gasteiger partial charge in [-0.05, 0) is 67.3 Å². The Bertz CT molecular complexity index is 998. The number of esters is 2. The molecule has 0 fully saturated rings. The zero-order valence-corrected chi connectivity index (χ0v) is 19.4. The van der Waals surface area contributed by atoms with E-state index in [1.165, 1.54) is 0 Å². The van der Waals surface area contributed by atoms with Crippen LogP contribution >= 0.6 is 0 Å². The zero-order chi connectivity index (χ0) is 24.4. The summed E-state index contributed by atoms with van der Waals surface area (Å²) in [5.41, 5.74) is 3.64. The maximum atomic E-state index is 12.1. The van der Waals surface area contributed by atoms with Crippen molar-refractivity contribution in [3.05, 3.63) is 59.2 Å². The summed E-state index contributed by atoms with van der Waals surface area (Å²) >= 11 is 0. The monoisotopic (exact) mass is 454 g/mol. The van der Waals surface area contributed by atoms with Crippen LogP contribution in [-0.4, -0.2) is 37.0 Å². The minimum Gasteiger partial charge on any atom is -0.462 e. The van der Waals surface area contributed by atoms with E-state index in [-0.39, 0.29) is 24.7 Å². The zero-order valence-electron chi connectivity index (χ0n) is 19.4. The van der Waals surface area contributed by atoms with Gasteiger partial charge in [0, 0.05) is 17.8 Å². The van der Waals surface area contributed by atoms with Gasteiger partial charge >= 0.3 is 11.9 Å². The lowest BCUT2D eigenvalue weighted by Crippen LogP contribution is -2.21. The fourth-order valence-corrected chi connectivity index (χ4v) is 2.69. The van der Waals surface area contributed by atoms with E-state index in [2.05, 4.69) is 10.6 Å². The van der Waals surface area contributed by atoms with Crippen molar-refractivity contribution in [1.29, 1.82) is 0 Å². The van der Waals surface area contributed by atoms with Gasteiger partial charge in [0.25, 0.3) is 5.91 Å². The second-order valence-electron chi connectivity index (χ2n) is 8.13. The van der Waals surface area contributed by atoms with Crippen LogP contribution in [0.15, 0.2) is 42.5 Å². The van der Waals surface area contributed by atoms with Gasteiger partial charge < -0.3 is 20.1 Å². The molecular weight excluding hydrogens is 424 g/mol. The summed E-state index contributed by atoms with van der Waals surface area (Å²) in [5, 5.41) is 5.30. The SMILES string of the molecule is Cc1ccc(NC(=O)COC(=O)CCC(=O)Nc2ccc(C(=O)OCC(C)C)cc2)cc1C. The van der Waals surface area contributed by atoms with Gasteiger partial charge in [0.05, 0.1) is 18.6 Å². The third kappa shape index (κ3) is 9.14. The first-order valence-corrected chi connectivity index (χ1v) is 10.7. The molecule has 8 nitrogen and oxygen atoms in total. The Morgan fingerprint density at radius 1 is 0.788 bits per heavy atom. The Labute approximate surface area is 193 Å². The second-order valence-corrected chi connectivity index (χ2v) is 8.13. The smallest absolute Gasteiger partial charge is 0.338 e. The molecule has 0 heterocycles. The quantitative estimate of drug-likeness (QED) is 0.525. The summed E-state index contributed by atoms with van der Waals surface area (Å²) in [5.74, 6) is -1.68. The van der Waals surface area contributed by atoms with E-state index in [1.807, 2.05) is 39.8 Å². The topological polar surface area (TPSA) is 111 Å². The molecule has 0 saturated carbocycles. The lowest BCUT2D eigenvalue weighted by Gasteiger charge is -2.09. The average Bonchev–Trinajstić information content (AvgIpc) is 2.77. The second kappa shape index (κ2) is 12.4. The number of rotatable bonds is 10. The van der Waals surface area contributed by atoms with Gasteiger partial charge in [-0.1, -0.05) is 19.9 Å². The van der Waals surface area contributed by atoms with Gasteiger partial charge in [-0.2, -0.15) is 0 Å². The molecule has 8 heteroatoms. The van der Waals surface area contributed by atoms with Crippen LogP contribution < -0.4 is 10.6 Å². The number of benzene rings is 2. The Morgan fingerprint density at radius 2 is 1.42 bits per heavy atom. The number of hydrogen-bond acceptors (Lipinski definition) is 6. The van der Waals surface area contributed by atoms with Gasteiger partial charge in [-0.3, -0.25) is 14.4 Å². The van der Waals surface area contributed by atoms with Crippen molar-refractivity contribution in [3.63, 3.8) is 0 Å². The summed E-state index contributed by atoms with van der Waals surface area (Å²) in [6.45, 7) is 7.71. The molecule has 2 N–H and O–H groups in total. The van der Waals surface area contributed by atoms with Crippen LogP contribution in [0.3, 0.4) is 0 Å². The van der Waals surface area contributed by atoms with E-state index < -0.39 is 24.5 Å². The van der Waals surface area contributed by atoms with Crippen LogP contribution in [-0.2, 0) is 23.9 Å². The predicted molar refractivity (Wildman–Crippen MR) is 125 cm³/mol. The number of hydrogen-bond donors (Lipinski definition) is 2. The minimum absolute atomic E-state index is 0.101. The lowest BCUT2D eigenvalue weighted by atomic mass is 10.1. The number of nitrogens with one attached hydrogen (secondary N) is 2. The molecule has 0 bridgehead atoms. The maximum Gasteiger partial charge on any atom is 0.338 e. The average molecular weight is 455 g/mol. The first kappa shape index (κ1) is 25.6. The molecule has 2 amide bonds. The molecule has 0 aliphatic heterocycles. The minimum atomic E-state index is -0.649. The Morgan fingerprint density at radius 3 is 2.06 bits per heavy atom. The lowest BCUT2D eigenvalue weighted by molar-refractivity contribution is -0.147. The van der Waals surface area contributed by atoms with Crippen LogP contribution in [0, 0.1) is 19.8 Å². The van der Waals surface area contributed by atoms with E-state index in [4.69, 9.17) is 9.47 Å². The van der Waals surface area contributed by atoms with E-state index in [9.17, 15) is 19.2 Å². The highest BCUT2D eigenvalue weighted by molar-refractivity contribution is 5.95. The summed E-state index contributed by atoms with van der Waals surface area (Å²) < 4.78 is 10.1. The van der Waals surface area contributed by atoms with Gasteiger partial charge in [-0.25, -0.2) is 4.79 Å². The van der Waals surface area contributed by atoms with E-state index in [0.717, 1.165) is 11.1 Å². The van der Waals surface area contributed by atoms with Crippen molar-refractivity contribution in [1.82, 2.24) is 0 Å². The van der Waals surface area contributed by atoms with Gasteiger partial charge in [0.1, 0.15) is 0 Å². The fourth-order valence-electron chi connectivity index (χ4n) is 2.69. The van der Waals surface area contributed by atoms with E-state index >= 15 is 0 Å². The molecule has 0 aromatic heterocycles. The summed E-state index contributed by atoms with van der Waals surface area (Å²) in [4.78, 5) is 47.8. The molecule has 0 atom stereocenters. The van der Waals surface area contributed by atoms with Crippen molar-refractivity contribution >= 4 is 35.1 Å². The Kier molecular flexibility index (Phi) is 9.60. The molecule has 0 aliphatic rings. The van der Waals surface area contributed by atoms with Gasteiger partial charge in [0.2, 0.25) is 5.91 Å². The molecule has 2 rings (SSSR count). The fraction of sp³-hybridized carbons (Fsp3) is 0.360. The van der Waals surface area contributed by atoms with Crippen molar-refractivity contribution in [2.24, 2.45) is 5.92 Å². The maximum absolute atomic E-state index is 12.1. The third-order valence-electron chi connectivity index (χ3n) is 4.66. The van der Waals surface area contributed by atoms with Crippen molar-refractivity contribution in [3.8, 4) is 0 Å². The molecule has 2 aromatic rings. The van der Waals surface area contributed by atoms with Crippen LogP contribution in [0.5, 0.6) is 0 Å². The highest BCUT2D eigenvalue weighted by Gasteiger charge is 2.12. The first-order valence-electron chi connectivity index (χ1n) is 10.7. The molecule has 0 radical (unpaired) electrons. The number of anilines is 2. The molecular formula is C25H30N2O6. The van der Waals surface area contributed by atoms with Gasteiger partial charge in [0.15, 0.2) is 6.61 Å². The van der Waals surface area contributed by atoms with Gasteiger partial charge in [-0.15, -0.1) is 0 Å². The number of aryl methyl sites for hydroxylation is 2. The van der Waals surface area contributed by atoms with Crippen LogP contribution in [0.1, 0.15) is 48.2 Å². The predicted octanol–water partition coefficient (Wildman–Crippen LogP) is 4.02.